The van der Waals surface area contributed by atoms with Crippen molar-refractivity contribution in [3.8, 4) is 11.5 Å². The quantitative estimate of drug-likeness (QED) is 0.659. The first-order valence-electron chi connectivity index (χ1n) is 8.96. The van der Waals surface area contributed by atoms with Crippen molar-refractivity contribution < 1.29 is 28.6 Å². The van der Waals surface area contributed by atoms with Crippen LogP contribution in [0.5, 0.6) is 11.5 Å². The molecule has 2 N–H and O–H groups in total. The molecule has 29 heavy (non-hydrogen) atoms. The third-order valence-electron chi connectivity index (χ3n) is 4.04. The Kier molecular flexibility index (Phi) is 8.02. The molecule has 8 nitrogen and oxygen atoms in total. The predicted molar refractivity (Wildman–Crippen MR) is 106 cm³/mol. The molecule has 0 radical (unpaired) electrons. The first-order chi connectivity index (χ1) is 13.9. The molecule has 0 aliphatic carbocycles. The average molecular weight is 400 g/mol. The Morgan fingerprint density at radius 1 is 1.00 bits per heavy atom. The monoisotopic (exact) mass is 400 g/mol. The number of methoxy groups -OCH3 is 2. The number of benzene rings is 2. The minimum atomic E-state index is -1.13. The lowest BCUT2D eigenvalue weighted by molar-refractivity contribution is -0.153. The van der Waals surface area contributed by atoms with Crippen molar-refractivity contribution in [1.82, 2.24) is 10.6 Å². The number of hydrogen-bond acceptors (Lipinski definition) is 6. The summed E-state index contributed by atoms with van der Waals surface area (Å²) in [6.07, 6.45) is -1.22. The molecular formula is C21H24N2O6. The lowest BCUT2D eigenvalue weighted by Crippen LogP contribution is -2.44. The lowest BCUT2D eigenvalue weighted by Gasteiger charge is -2.14. The van der Waals surface area contributed by atoms with E-state index in [-0.39, 0.29) is 13.0 Å². The number of carbonyl (C=O) groups is 3. The number of imide groups is 1. The molecule has 0 saturated carbocycles. The highest BCUT2D eigenvalue weighted by Gasteiger charge is 2.21. The van der Waals surface area contributed by atoms with Crippen molar-refractivity contribution >= 4 is 17.9 Å². The molecule has 0 saturated heterocycles. The van der Waals surface area contributed by atoms with Crippen LogP contribution in [0.4, 0.5) is 4.79 Å². The molecule has 0 heterocycles. The van der Waals surface area contributed by atoms with Crippen molar-refractivity contribution in [2.24, 2.45) is 0 Å². The molecule has 2 aromatic rings. The van der Waals surface area contributed by atoms with Gasteiger partial charge in [0, 0.05) is 18.2 Å². The van der Waals surface area contributed by atoms with Gasteiger partial charge in [0.05, 0.1) is 20.6 Å². The van der Waals surface area contributed by atoms with Gasteiger partial charge in [0.25, 0.3) is 5.91 Å². The van der Waals surface area contributed by atoms with E-state index in [0.29, 0.717) is 17.1 Å². The molecule has 8 heteroatoms. The fraction of sp³-hybridized carbons (Fsp3) is 0.286. The van der Waals surface area contributed by atoms with Gasteiger partial charge in [-0.05, 0) is 18.6 Å². The Bertz CT molecular complexity index is 854. The van der Waals surface area contributed by atoms with Crippen LogP contribution in [0.3, 0.4) is 0 Å². The number of rotatable bonds is 8. The molecule has 0 aliphatic rings. The number of ether oxygens (including phenoxy) is 3. The van der Waals surface area contributed by atoms with E-state index in [1.54, 1.807) is 18.2 Å². The Hall–Kier alpha value is -3.55. The van der Waals surface area contributed by atoms with Gasteiger partial charge in [0.2, 0.25) is 0 Å². The number of carbonyl (C=O) groups excluding carboxylic acids is 3. The zero-order valence-electron chi connectivity index (χ0n) is 16.6. The summed E-state index contributed by atoms with van der Waals surface area (Å²) in [5.74, 6) is -0.279. The van der Waals surface area contributed by atoms with E-state index in [0.717, 1.165) is 5.56 Å². The van der Waals surface area contributed by atoms with Crippen molar-refractivity contribution in [2.45, 2.75) is 26.0 Å². The number of nitrogens with one attached hydrogen (secondary N) is 2. The molecule has 0 aromatic heterocycles. The number of urea groups is 1. The number of hydrogen-bond donors (Lipinski definition) is 2. The summed E-state index contributed by atoms with van der Waals surface area (Å²) in [5.41, 5.74) is 1.48. The summed E-state index contributed by atoms with van der Waals surface area (Å²) in [7, 11) is 3.01. The molecular weight excluding hydrogens is 376 g/mol. The van der Waals surface area contributed by atoms with Gasteiger partial charge < -0.3 is 19.5 Å². The maximum Gasteiger partial charge on any atom is 0.321 e. The van der Waals surface area contributed by atoms with Crippen LogP contribution in [-0.4, -0.2) is 38.2 Å². The largest absolute Gasteiger partial charge is 0.497 e. The van der Waals surface area contributed by atoms with Crippen LogP contribution in [0.25, 0.3) is 0 Å². The lowest BCUT2D eigenvalue weighted by atomic mass is 10.1. The zero-order valence-corrected chi connectivity index (χ0v) is 16.6. The summed E-state index contributed by atoms with van der Waals surface area (Å²) in [4.78, 5) is 36.1. The maximum atomic E-state index is 12.2. The second kappa shape index (κ2) is 10.7. The molecule has 0 aliphatic heterocycles. The second-order valence-electron chi connectivity index (χ2n) is 6.14. The van der Waals surface area contributed by atoms with Crippen LogP contribution in [0, 0.1) is 0 Å². The molecule has 0 fully saturated rings. The van der Waals surface area contributed by atoms with Gasteiger partial charge in [0.15, 0.2) is 6.10 Å². The third kappa shape index (κ3) is 6.84. The standard InChI is InChI=1S/C21H24N2O6/c1-14(20(25)23-21(26)22-13-15-7-5-4-6-8-15)29-19(24)11-16-9-10-17(27-2)12-18(16)28-3/h4-10,12,14H,11,13H2,1-3H3,(H2,22,23,25,26)/t14-/m0/s1. The first kappa shape index (κ1) is 21.7. The Balaban J connectivity index is 1.82. The van der Waals surface area contributed by atoms with Gasteiger partial charge in [-0.1, -0.05) is 36.4 Å². The highest BCUT2D eigenvalue weighted by molar-refractivity contribution is 5.97. The van der Waals surface area contributed by atoms with Crippen molar-refractivity contribution in [1.29, 1.82) is 0 Å². The Morgan fingerprint density at radius 2 is 1.72 bits per heavy atom. The fourth-order valence-electron chi connectivity index (χ4n) is 2.48. The van der Waals surface area contributed by atoms with Crippen LogP contribution in [0.2, 0.25) is 0 Å². The first-order valence-corrected chi connectivity index (χ1v) is 8.96. The highest BCUT2D eigenvalue weighted by atomic mass is 16.5. The van der Waals surface area contributed by atoms with Crippen LogP contribution in [0.1, 0.15) is 18.1 Å². The smallest absolute Gasteiger partial charge is 0.321 e. The molecule has 0 spiro atoms. The molecule has 3 amide bonds. The second-order valence-corrected chi connectivity index (χ2v) is 6.14. The normalized spacial score (nSPS) is 11.1. The van der Waals surface area contributed by atoms with E-state index < -0.39 is 24.0 Å². The van der Waals surface area contributed by atoms with E-state index in [9.17, 15) is 14.4 Å². The summed E-state index contributed by atoms with van der Waals surface area (Å²) in [6.45, 7) is 1.66. The molecule has 1 atom stereocenters. The van der Waals surface area contributed by atoms with Crippen LogP contribution in [-0.2, 0) is 27.3 Å². The summed E-state index contributed by atoms with van der Waals surface area (Å²) >= 11 is 0. The SMILES string of the molecule is COc1ccc(CC(=O)O[C@@H](C)C(=O)NC(=O)NCc2ccccc2)c(OC)c1. The Labute approximate surface area is 169 Å². The van der Waals surface area contributed by atoms with Crippen LogP contribution in [0.15, 0.2) is 48.5 Å². The predicted octanol–water partition coefficient (Wildman–Crippen LogP) is 2.20. The maximum absolute atomic E-state index is 12.2. The zero-order chi connectivity index (χ0) is 21.2. The van der Waals surface area contributed by atoms with Gasteiger partial charge in [-0.15, -0.1) is 0 Å². The van der Waals surface area contributed by atoms with E-state index in [1.165, 1.54) is 21.1 Å². The van der Waals surface area contributed by atoms with Crippen LogP contribution >= 0.6 is 0 Å². The van der Waals surface area contributed by atoms with Gasteiger partial charge in [-0.3, -0.25) is 14.9 Å². The van der Waals surface area contributed by atoms with E-state index in [1.807, 2.05) is 30.3 Å². The van der Waals surface area contributed by atoms with Gasteiger partial charge in [-0.25, -0.2) is 4.79 Å². The molecule has 0 unspecified atom stereocenters. The summed E-state index contributed by atoms with van der Waals surface area (Å²) in [6, 6.07) is 13.6. The minimum absolute atomic E-state index is 0.0923. The van der Waals surface area contributed by atoms with E-state index >= 15 is 0 Å². The number of amides is 3. The number of esters is 1. The molecule has 154 valence electrons. The topological polar surface area (TPSA) is 103 Å². The molecule has 0 bridgehead atoms. The van der Waals surface area contributed by atoms with Crippen molar-refractivity contribution in [3.63, 3.8) is 0 Å². The highest BCUT2D eigenvalue weighted by Crippen LogP contribution is 2.25. The third-order valence-corrected chi connectivity index (χ3v) is 4.04. The van der Waals surface area contributed by atoms with Gasteiger partial charge in [-0.2, -0.15) is 0 Å². The Morgan fingerprint density at radius 3 is 2.38 bits per heavy atom. The average Bonchev–Trinajstić information content (AvgIpc) is 2.73. The summed E-state index contributed by atoms with van der Waals surface area (Å²) in [5, 5.41) is 4.71. The van der Waals surface area contributed by atoms with Crippen LogP contribution < -0.4 is 20.1 Å². The minimum Gasteiger partial charge on any atom is -0.497 e. The van der Waals surface area contributed by atoms with Crippen molar-refractivity contribution in [2.75, 3.05) is 14.2 Å². The van der Waals surface area contributed by atoms with E-state index in [4.69, 9.17) is 14.2 Å². The van der Waals surface area contributed by atoms with E-state index in [2.05, 4.69) is 10.6 Å². The molecule has 2 rings (SSSR count). The fourth-order valence-corrected chi connectivity index (χ4v) is 2.48. The molecule has 2 aromatic carbocycles. The van der Waals surface area contributed by atoms with Crippen molar-refractivity contribution in [3.05, 3.63) is 59.7 Å². The van der Waals surface area contributed by atoms with Gasteiger partial charge >= 0.3 is 12.0 Å². The van der Waals surface area contributed by atoms with Gasteiger partial charge in [0.1, 0.15) is 11.5 Å². The summed E-state index contributed by atoms with van der Waals surface area (Å²) < 4.78 is 15.5.